The van der Waals surface area contributed by atoms with Crippen LogP contribution in [0.2, 0.25) is 0 Å². The van der Waals surface area contributed by atoms with Crippen molar-refractivity contribution >= 4 is 11.5 Å². The molecule has 0 bridgehead atoms. The van der Waals surface area contributed by atoms with Gasteiger partial charge in [0.1, 0.15) is 5.75 Å². The number of benzene rings is 2. The minimum atomic E-state index is 0.0670. The zero-order valence-corrected chi connectivity index (χ0v) is 11.6. The largest absolute Gasteiger partial charge is 0.497 e. The number of anilines is 1. The number of carbonyl (C=O) groups excluding carboxylic acids is 1. The minimum absolute atomic E-state index is 0.0670. The maximum Gasteiger partial charge on any atom is 0.165 e. The van der Waals surface area contributed by atoms with E-state index in [1.807, 2.05) is 18.2 Å². The molecule has 0 spiro atoms. The topological polar surface area (TPSA) is 52.3 Å². The van der Waals surface area contributed by atoms with Crippen LogP contribution in [0.1, 0.15) is 28.8 Å². The van der Waals surface area contributed by atoms with Gasteiger partial charge in [-0.25, -0.2) is 0 Å². The summed E-state index contributed by atoms with van der Waals surface area (Å²) in [5.41, 5.74) is 8.16. The van der Waals surface area contributed by atoms with Crippen molar-refractivity contribution in [3.8, 4) is 5.75 Å². The van der Waals surface area contributed by atoms with Crippen LogP contribution in [-0.2, 0) is 6.42 Å². The van der Waals surface area contributed by atoms with Crippen molar-refractivity contribution in [3.63, 3.8) is 0 Å². The van der Waals surface area contributed by atoms with Crippen molar-refractivity contribution in [2.24, 2.45) is 0 Å². The van der Waals surface area contributed by atoms with Gasteiger partial charge in [-0.2, -0.15) is 0 Å². The lowest BCUT2D eigenvalue weighted by molar-refractivity contribution is 0.0980. The van der Waals surface area contributed by atoms with Gasteiger partial charge in [0.15, 0.2) is 5.78 Å². The Balaban J connectivity index is 1.95. The molecule has 20 heavy (non-hydrogen) atoms. The van der Waals surface area contributed by atoms with E-state index < -0.39 is 0 Å². The van der Waals surface area contributed by atoms with Gasteiger partial charge in [-0.3, -0.25) is 4.79 Å². The lowest BCUT2D eigenvalue weighted by atomic mass is 10.0. The van der Waals surface area contributed by atoms with E-state index in [1.54, 1.807) is 25.3 Å². The molecule has 0 fully saturated rings. The SMILES string of the molecule is COc1ccc(N)c(C(=O)CCCc2ccccc2)c1. The maximum atomic E-state index is 12.2. The van der Waals surface area contributed by atoms with Crippen LogP contribution in [-0.4, -0.2) is 12.9 Å². The predicted molar refractivity (Wildman–Crippen MR) is 81.1 cm³/mol. The van der Waals surface area contributed by atoms with Crippen LogP contribution in [0.5, 0.6) is 5.75 Å². The summed E-state index contributed by atoms with van der Waals surface area (Å²) in [5, 5.41) is 0. The van der Waals surface area contributed by atoms with E-state index in [9.17, 15) is 4.79 Å². The van der Waals surface area contributed by atoms with Crippen LogP contribution in [0.25, 0.3) is 0 Å². The summed E-state index contributed by atoms with van der Waals surface area (Å²) in [7, 11) is 1.58. The highest BCUT2D eigenvalue weighted by Gasteiger charge is 2.10. The van der Waals surface area contributed by atoms with Crippen molar-refractivity contribution in [2.45, 2.75) is 19.3 Å². The second-order valence-corrected chi connectivity index (χ2v) is 4.72. The number of methoxy groups -OCH3 is 1. The smallest absolute Gasteiger partial charge is 0.165 e. The fourth-order valence-electron chi connectivity index (χ4n) is 2.14. The molecule has 0 aliphatic rings. The molecule has 0 unspecified atom stereocenters. The predicted octanol–water partition coefficient (Wildman–Crippen LogP) is 3.48. The average Bonchev–Trinajstić information content (AvgIpc) is 2.48. The first-order chi connectivity index (χ1) is 9.70. The van der Waals surface area contributed by atoms with Gasteiger partial charge in [-0.15, -0.1) is 0 Å². The van der Waals surface area contributed by atoms with Crippen LogP contribution in [0, 0.1) is 0 Å². The highest BCUT2D eigenvalue weighted by atomic mass is 16.5. The number of hydrogen-bond acceptors (Lipinski definition) is 3. The zero-order valence-electron chi connectivity index (χ0n) is 11.6. The van der Waals surface area contributed by atoms with Crippen molar-refractivity contribution in [1.29, 1.82) is 0 Å². The quantitative estimate of drug-likeness (QED) is 0.645. The van der Waals surface area contributed by atoms with Crippen LogP contribution in [0.3, 0.4) is 0 Å². The van der Waals surface area contributed by atoms with Crippen molar-refractivity contribution in [3.05, 3.63) is 59.7 Å². The second-order valence-electron chi connectivity index (χ2n) is 4.72. The monoisotopic (exact) mass is 269 g/mol. The molecule has 0 amide bonds. The summed E-state index contributed by atoms with van der Waals surface area (Å²) in [6, 6.07) is 15.3. The molecule has 3 nitrogen and oxygen atoms in total. The minimum Gasteiger partial charge on any atom is -0.497 e. The number of ether oxygens (including phenoxy) is 1. The first kappa shape index (κ1) is 14.1. The number of nitrogens with two attached hydrogens (primary N) is 1. The van der Waals surface area contributed by atoms with E-state index in [0.717, 1.165) is 12.8 Å². The summed E-state index contributed by atoms with van der Waals surface area (Å²) >= 11 is 0. The summed E-state index contributed by atoms with van der Waals surface area (Å²) in [6.45, 7) is 0. The molecule has 0 saturated carbocycles. The Morgan fingerprint density at radius 3 is 2.60 bits per heavy atom. The van der Waals surface area contributed by atoms with Gasteiger partial charge in [0.25, 0.3) is 0 Å². The normalized spacial score (nSPS) is 10.2. The highest BCUT2D eigenvalue weighted by molar-refractivity contribution is 6.01. The Labute approximate surface area is 119 Å². The molecule has 0 aliphatic heterocycles. The third kappa shape index (κ3) is 3.60. The molecular formula is C17H19NO2. The average molecular weight is 269 g/mol. The first-order valence-electron chi connectivity index (χ1n) is 6.71. The zero-order chi connectivity index (χ0) is 14.4. The molecule has 2 N–H and O–H groups in total. The molecule has 2 rings (SSSR count). The maximum absolute atomic E-state index is 12.2. The first-order valence-corrected chi connectivity index (χ1v) is 6.71. The molecular weight excluding hydrogens is 250 g/mol. The van der Waals surface area contributed by atoms with E-state index in [1.165, 1.54) is 5.56 Å². The molecule has 0 heterocycles. The third-order valence-corrected chi connectivity index (χ3v) is 3.27. The third-order valence-electron chi connectivity index (χ3n) is 3.27. The Hall–Kier alpha value is -2.29. The van der Waals surface area contributed by atoms with E-state index in [0.29, 0.717) is 23.4 Å². The summed E-state index contributed by atoms with van der Waals surface area (Å²) in [5.74, 6) is 0.725. The molecule has 3 heteroatoms. The number of ketones is 1. The number of aryl methyl sites for hydroxylation is 1. The number of Topliss-reactive ketones (excluding diaryl/α,β-unsaturated/α-hetero) is 1. The van der Waals surface area contributed by atoms with Crippen LogP contribution in [0.4, 0.5) is 5.69 Å². The van der Waals surface area contributed by atoms with Crippen LogP contribution >= 0.6 is 0 Å². The van der Waals surface area contributed by atoms with Gasteiger partial charge in [0.2, 0.25) is 0 Å². The Kier molecular flexibility index (Phi) is 4.77. The van der Waals surface area contributed by atoms with Gasteiger partial charge in [-0.1, -0.05) is 30.3 Å². The molecule has 0 saturated heterocycles. The number of nitrogen functional groups attached to an aromatic ring is 1. The molecule has 2 aromatic rings. The number of carbonyl (C=O) groups is 1. The highest BCUT2D eigenvalue weighted by Crippen LogP contribution is 2.21. The lowest BCUT2D eigenvalue weighted by Gasteiger charge is -2.07. The Bertz CT molecular complexity index is 579. The molecule has 0 aliphatic carbocycles. The van der Waals surface area contributed by atoms with E-state index in [4.69, 9.17) is 10.5 Å². The Morgan fingerprint density at radius 1 is 1.15 bits per heavy atom. The standard InChI is InChI=1S/C17H19NO2/c1-20-14-10-11-16(18)15(12-14)17(19)9-5-8-13-6-3-2-4-7-13/h2-4,6-7,10-12H,5,8-9,18H2,1H3. The molecule has 0 aromatic heterocycles. The summed E-state index contributed by atoms with van der Waals surface area (Å²) in [4.78, 5) is 12.2. The fourth-order valence-corrected chi connectivity index (χ4v) is 2.14. The molecule has 0 atom stereocenters. The van der Waals surface area contributed by atoms with Gasteiger partial charge in [0.05, 0.1) is 7.11 Å². The molecule has 104 valence electrons. The van der Waals surface area contributed by atoms with Gasteiger partial charge in [-0.05, 0) is 36.6 Å². The van der Waals surface area contributed by atoms with Gasteiger partial charge < -0.3 is 10.5 Å². The number of hydrogen-bond donors (Lipinski definition) is 1. The van der Waals surface area contributed by atoms with Gasteiger partial charge in [0, 0.05) is 17.7 Å². The molecule has 0 radical (unpaired) electrons. The van der Waals surface area contributed by atoms with Crippen LogP contribution < -0.4 is 10.5 Å². The summed E-state index contributed by atoms with van der Waals surface area (Å²) < 4.78 is 5.13. The summed E-state index contributed by atoms with van der Waals surface area (Å²) in [6.07, 6.45) is 2.21. The van der Waals surface area contributed by atoms with Crippen molar-refractivity contribution < 1.29 is 9.53 Å². The van der Waals surface area contributed by atoms with Crippen molar-refractivity contribution in [2.75, 3.05) is 12.8 Å². The van der Waals surface area contributed by atoms with Crippen molar-refractivity contribution in [1.82, 2.24) is 0 Å². The van der Waals surface area contributed by atoms with Gasteiger partial charge >= 0.3 is 0 Å². The lowest BCUT2D eigenvalue weighted by Crippen LogP contribution is -2.04. The second kappa shape index (κ2) is 6.75. The Morgan fingerprint density at radius 2 is 1.90 bits per heavy atom. The van der Waals surface area contributed by atoms with E-state index >= 15 is 0 Å². The van der Waals surface area contributed by atoms with E-state index in [-0.39, 0.29) is 5.78 Å². The molecule has 2 aromatic carbocycles. The van der Waals surface area contributed by atoms with E-state index in [2.05, 4.69) is 12.1 Å². The fraction of sp³-hybridized carbons (Fsp3) is 0.235. The van der Waals surface area contributed by atoms with Crippen LogP contribution in [0.15, 0.2) is 48.5 Å². The number of rotatable bonds is 6.